The Morgan fingerprint density at radius 2 is 2.06 bits per heavy atom. The Morgan fingerprint density at radius 3 is 2.72 bits per heavy atom. The van der Waals surface area contributed by atoms with Gasteiger partial charge in [-0.05, 0) is 37.2 Å². The number of nitrogens with zero attached hydrogens (tertiary/aromatic N) is 2. The van der Waals surface area contributed by atoms with E-state index in [-0.39, 0.29) is 5.56 Å². The van der Waals surface area contributed by atoms with E-state index in [9.17, 15) is 8.78 Å². The maximum absolute atomic E-state index is 13.8. The molecule has 2 N–H and O–H groups in total. The van der Waals surface area contributed by atoms with E-state index in [4.69, 9.17) is 5.73 Å². The predicted molar refractivity (Wildman–Crippen MR) is 66.1 cm³/mol. The summed E-state index contributed by atoms with van der Waals surface area (Å²) in [5.41, 5.74) is 7.98. The van der Waals surface area contributed by atoms with Gasteiger partial charge in [-0.3, -0.25) is 4.68 Å². The number of hydrogen-bond acceptors (Lipinski definition) is 2. The Hall–Kier alpha value is -1.75. The van der Waals surface area contributed by atoms with Crippen LogP contribution in [0.2, 0.25) is 0 Å². The Labute approximate surface area is 104 Å². The maximum atomic E-state index is 13.8. The van der Waals surface area contributed by atoms with Gasteiger partial charge in [0.2, 0.25) is 0 Å². The Bertz CT molecular complexity index is 576. The van der Waals surface area contributed by atoms with Crippen LogP contribution in [0.15, 0.2) is 18.2 Å². The summed E-state index contributed by atoms with van der Waals surface area (Å²) >= 11 is 0. The van der Waals surface area contributed by atoms with Gasteiger partial charge in [-0.1, -0.05) is 0 Å². The molecule has 0 unspecified atom stereocenters. The topological polar surface area (TPSA) is 43.8 Å². The summed E-state index contributed by atoms with van der Waals surface area (Å²) in [5.74, 6) is -0.922. The number of aryl methyl sites for hydroxylation is 1. The van der Waals surface area contributed by atoms with Crippen LogP contribution in [0, 0.1) is 18.6 Å². The zero-order valence-electron chi connectivity index (χ0n) is 10.4. The Balaban J connectivity index is 2.60. The van der Waals surface area contributed by atoms with E-state index in [0.717, 1.165) is 23.4 Å². The highest BCUT2D eigenvalue weighted by Gasteiger charge is 2.17. The summed E-state index contributed by atoms with van der Waals surface area (Å²) in [6, 6.07) is 3.41. The first-order chi connectivity index (χ1) is 8.54. The predicted octanol–water partition coefficient (Wildman–Crippen LogP) is 2.17. The second kappa shape index (κ2) is 4.86. The fraction of sp³-hybridized carbons (Fsp3) is 0.308. The zero-order chi connectivity index (χ0) is 13.3. The molecule has 0 bridgehead atoms. The normalized spacial score (nSPS) is 10.9. The van der Waals surface area contributed by atoms with E-state index in [0.29, 0.717) is 18.7 Å². The first-order valence-electron chi connectivity index (χ1n) is 5.72. The van der Waals surface area contributed by atoms with Gasteiger partial charge in [0.15, 0.2) is 0 Å². The average Bonchev–Trinajstić information content (AvgIpc) is 2.59. The van der Waals surface area contributed by atoms with Crippen LogP contribution in [0.5, 0.6) is 0 Å². The van der Waals surface area contributed by atoms with Crippen LogP contribution >= 0.6 is 0 Å². The van der Waals surface area contributed by atoms with Crippen molar-refractivity contribution in [1.82, 2.24) is 9.78 Å². The van der Waals surface area contributed by atoms with Crippen molar-refractivity contribution in [3.05, 3.63) is 41.1 Å². The molecule has 1 aromatic carbocycles. The molecule has 18 heavy (non-hydrogen) atoms. The minimum Gasteiger partial charge on any atom is -0.330 e. The van der Waals surface area contributed by atoms with Gasteiger partial charge >= 0.3 is 0 Å². The molecule has 1 heterocycles. The van der Waals surface area contributed by atoms with Crippen molar-refractivity contribution in [2.24, 2.45) is 12.8 Å². The molecule has 0 saturated carbocycles. The third-order valence-corrected chi connectivity index (χ3v) is 2.95. The molecule has 2 aromatic rings. The van der Waals surface area contributed by atoms with Gasteiger partial charge < -0.3 is 5.73 Å². The van der Waals surface area contributed by atoms with Crippen LogP contribution in [0.1, 0.15) is 11.3 Å². The molecular formula is C13H15F2N3. The number of benzene rings is 1. The van der Waals surface area contributed by atoms with Crippen molar-refractivity contribution in [3.63, 3.8) is 0 Å². The lowest BCUT2D eigenvalue weighted by molar-refractivity contribution is 0.600. The van der Waals surface area contributed by atoms with Gasteiger partial charge in [-0.15, -0.1) is 0 Å². The molecule has 0 aliphatic rings. The summed E-state index contributed by atoms with van der Waals surface area (Å²) in [4.78, 5) is 0. The second-order valence-electron chi connectivity index (χ2n) is 4.21. The van der Waals surface area contributed by atoms with Crippen LogP contribution in [-0.2, 0) is 13.5 Å². The molecule has 3 nitrogen and oxygen atoms in total. The first kappa shape index (κ1) is 12.7. The van der Waals surface area contributed by atoms with E-state index in [1.54, 1.807) is 11.7 Å². The van der Waals surface area contributed by atoms with E-state index in [2.05, 4.69) is 5.10 Å². The fourth-order valence-corrected chi connectivity index (χ4v) is 2.11. The number of rotatable bonds is 3. The fourth-order valence-electron chi connectivity index (χ4n) is 2.11. The number of aromatic nitrogens is 2. The molecule has 0 aliphatic heterocycles. The van der Waals surface area contributed by atoms with Crippen molar-refractivity contribution in [2.45, 2.75) is 13.3 Å². The molecule has 0 radical (unpaired) electrons. The zero-order valence-corrected chi connectivity index (χ0v) is 10.4. The Morgan fingerprint density at radius 1 is 1.33 bits per heavy atom. The highest BCUT2D eigenvalue weighted by molar-refractivity contribution is 5.65. The summed E-state index contributed by atoms with van der Waals surface area (Å²) in [5, 5.41) is 4.29. The lowest BCUT2D eigenvalue weighted by atomic mass is 10.0. The van der Waals surface area contributed by atoms with Crippen molar-refractivity contribution in [2.75, 3.05) is 6.54 Å². The summed E-state index contributed by atoms with van der Waals surface area (Å²) in [6.45, 7) is 2.32. The summed E-state index contributed by atoms with van der Waals surface area (Å²) in [7, 11) is 1.71. The van der Waals surface area contributed by atoms with Gasteiger partial charge in [-0.2, -0.15) is 5.10 Å². The second-order valence-corrected chi connectivity index (χ2v) is 4.21. The van der Waals surface area contributed by atoms with Gasteiger partial charge in [-0.25, -0.2) is 8.78 Å². The van der Waals surface area contributed by atoms with Crippen molar-refractivity contribution < 1.29 is 8.78 Å². The molecular weight excluding hydrogens is 236 g/mol. The molecule has 0 fully saturated rings. The molecule has 5 heteroatoms. The minimum atomic E-state index is -0.465. The summed E-state index contributed by atoms with van der Waals surface area (Å²) in [6.07, 6.45) is 0.622. The molecule has 0 aliphatic carbocycles. The standard InChI is InChI=1S/C13H15F2N3/c1-8-12(5-6-16)17-18(2)13(8)10-7-9(14)3-4-11(10)15/h3-4,7H,5-6,16H2,1-2H3. The lowest BCUT2D eigenvalue weighted by Gasteiger charge is -2.05. The van der Waals surface area contributed by atoms with Gasteiger partial charge in [0.1, 0.15) is 11.6 Å². The van der Waals surface area contributed by atoms with E-state index in [1.165, 1.54) is 6.07 Å². The largest absolute Gasteiger partial charge is 0.330 e. The minimum absolute atomic E-state index is 0.228. The Kier molecular flexibility index (Phi) is 3.43. The first-order valence-corrected chi connectivity index (χ1v) is 5.72. The molecule has 0 atom stereocenters. The van der Waals surface area contributed by atoms with Crippen LogP contribution in [0.4, 0.5) is 8.78 Å². The molecule has 0 saturated heterocycles. The van der Waals surface area contributed by atoms with E-state index < -0.39 is 11.6 Å². The van der Waals surface area contributed by atoms with Crippen LogP contribution in [0.25, 0.3) is 11.3 Å². The maximum Gasteiger partial charge on any atom is 0.132 e. The number of hydrogen-bond donors (Lipinski definition) is 1. The third-order valence-electron chi connectivity index (χ3n) is 2.95. The number of halogens is 2. The van der Waals surface area contributed by atoms with Gasteiger partial charge in [0, 0.05) is 19.0 Å². The van der Waals surface area contributed by atoms with Gasteiger partial charge in [0.05, 0.1) is 11.4 Å². The van der Waals surface area contributed by atoms with Crippen LogP contribution < -0.4 is 5.73 Å². The van der Waals surface area contributed by atoms with E-state index >= 15 is 0 Å². The van der Waals surface area contributed by atoms with Crippen molar-refractivity contribution >= 4 is 0 Å². The average molecular weight is 251 g/mol. The highest BCUT2D eigenvalue weighted by Crippen LogP contribution is 2.28. The lowest BCUT2D eigenvalue weighted by Crippen LogP contribution is -2.04. The van der Waals surface area contributed by atoms with Gasteiger partial charge in [0.25, 0.3) is 0 Å². The SMILES string of the molecule is Cc1c(CCN)nn(C)c1-c1cc(F)ccc1F. The summed E-state index contributed by atoms with van der Waals surface area (Å²) < 4.78 is 28.6. The molecule has 2 rings (SSSR count). The van der Waals surface area contributed by atoms with E-state index in [1.807, 2.05) is 6.92 Å². The smallest absolute Gasteiger partial charge is 0.132 e. The molecule has 0 spiro atoms. The number of nitrogens with two attached hydrogens (primary N) is 1. The third kappa shape index (κ3) is 2.13. The molecule has 0 amide bonds. The van der Waals surface area contributed by atoms with Crippen LogP contribution in [0.3, 0.4) is 0 Å². The molecule has 1 aromatic heterocycles. The molecule has 96 valence electrons. The van der Waals surface area contributed by atoms with Crippen LogP contribution in [-0.4, -0.2) is 16.3 Å². The highest BCUT2D eigenvalue weighted by atomic mass is 19.1. The monoisotopic (exact) mass is 251 g/mol. The quantitative estimate of drug-likeness (QED) is 0.908. The van der Waals surface area contributed by atoms with Crippen molar-refractivity contribution in [1.29, 1.82) is 0 Å². The van der Waals surface area contributed by atoms with Crippen molar-refractivity contribution in [3.8, 4) is 11.3 Å².